The van der Waals surface area contributed by atoms with Gasteiger partial charge in [-0.3, -0.25) is 10.1 Å². The van der Waals surface area contributed by atoms with E-state index in [2.05, 4.69) is 45.7 Å². The van der Waals surface area contributed by atoms with E-state index < -0.39 is 0 Å². The molecule has 4 aliphatic carbocycles. The first-order chi connectivity index (χ1) is 18.0. The Balaban J connectivity index is 1.28. The molecule has 1 aromatic heterocycles. The molecule has 1 N–H and O–H groups in total. The van der Waals surface area contributed by atoms with E-state index in [4.69, 9.17) is 12.2 Å². The molecule has 3 saturated carbocycles. The number of allylic oxidation sites excluding steroid dienone is 2. The zero-order chi connectivity index (χ0) is 27.2. The minimum atomic E-state index is -0.339. The number of aromatic nitrogens is 1. The van der Waals surface area contributed by atoms with Crippen LogP contribution in [-0.2, 0) is 0 Å². The Hall–Kier alpha value is -1.14. The van der Waals surface area contributed by atoms with Crippen LogP contribution in [0.15, 0.2) is 28.8 Å². The number of nitrogens with one attached hydrogen (secondary N) is 1. The van der Waals surface area contributed by atoms with Crippen LogP contribution in [0.2, 0.25) is 0 Å². The zero-order valence-corrected chi connectivity index (χ0v) is 25.8. The lowest BCUT2D eigenvalue weighted by molar-refractivity contribution is -0.385. The van der Waals surface area contributed by atoms with Gasteiger partial charge in [0.15, 0.2) is 0 Å². The number of nitrogens with zero attached hydrogens (tertiary/aromatic N) is 1. The normalized spacial score (nSPS) is 37.2. The number of fused-ring (bicyclic) bond motifs is 5. The van der Waals surface area contributed by atoms with Crippen LogP contribution < -0.4 is 0 Å². The summed E-state index contributed by atoms with van der Waals surface area (Å²) in [6, 6.07) is 1.66. The van der Waals surface area contributed by atoms with Crippen LogP contribution in [-0.4, -0.2) is 15.2 Å². The molecule has 0 bridgehead atoms. The first-order valence-corrected chi connectivity index (χ1v) is 16.5. The second-order valence-corrected chi connectivity index (χ2v) is 15.8. The highest BCUT2D eigenvalue weighted by molar-refractivity contribution is 8.00. The van der Waals surface area contributed by atoms with E-state index in [1.54, 1.807) is 23.4 Å². The van der Waals surface area contributed by atoms with Crippen LogP contribution in [0.25, 0.3) is 0 Å². The van der Waals surface area contributed by atoms with E-state index in [9.17, 15) is 10.1 Å². The summed E-state index contributed by atoms with van der Waals surface area (Å²) in [6.07, 6.45) is 18.7. The van der Waals surface area contributed by atoms with E-state index in [1.165, 1.54) is 64.0 Å². The van der Waals surface area contributed by atoms with Crippen LogP contribution in [0.5, 0.6) is 0 Å². The van der Waals surface area contributed by atoms with Gasteiger partial charge in [0.1, 0.15) is 4.64 Å². The van der Waals surface area contributed by atoms with Crippen molar-refractivity contribution in [2.75, 3.05) is 0 Å². The first kappa shape index (κ1) is 28.4. The van der Waals surface area contributed by atoms with Crippen LogP contribution in [0, 0.1) is 61.1 Å². The van der Waals surface area contributed by atoms with Crippen molar-refractivity contribution in [1.82, 2.24) is 4.98 Å². The van der Waals surface area contributed by atoms with Gasteiger partial charge in [-0.05, 0) is 97.7 Å². The van der Waals surface area contributed by atoms with E-state index in [0.717, 1.165) is 53.2 Å². The quantitative estimate of drug-likeness (QED) is 0.150. The summed E-state index contributed by atoms with van der Waals surface area (Å²) in [6.45, 7) is 12.6. The second kappa shape index (κ2) is 11.0. The number of hydrogen-bond donors (Lipinski definition) is 1. The summed E-state index contributed by atoms with van der Waals surface area (Å²) in [4.78, 5) is 14.7. The predicted octanol–water partition coefficient (Wildman–Crippen LogP) is 10.2. The van der Waals surface area contributed by atoms with Gasteiger partial charge in [-0.25, -0.2) is 0 Å². The van der Waals surface area contributed by atoms with Crippen molar-refractivity contribution in [3.8, 4) is 0 Å². The molecular weight excluding hydrogens is 508 g/mol. The van der Waals surface area contributed by atoms with E-state index in [1.807, 2.05) is 0 Å². The maximum Gasteiger partial charge on any atom is 0.286 e. The Kier molecular flexibility index (Phi) is 8.24. The fourth-order valence-electron chi connectivity index (χ4n) is 9.58. The smallest absolute Gasteiger partial charge is 0.286 e. The largest absolute Gasteiger partial charge is 0.346 e. The molecule has 4 aliphatic rings. The summed E-state index contributed by atoms with van der Waals surface area (Å²) >= 11 is 7.23. The Morgan fingerprint density at radius 3 is 2.66 bits per heavy atom. The fourth-order valence-corrected chi connectivity index (χ4v) is 11.1. The number of hydrogen-bond acceptors (Lipinski definition) is 4. The Morgan fingerprint density at radius 2 is 1.92 bits per heavy atom. The van der Waals surface area contributed by atoms with Gasteiger partial charge in [-0.2, -0.15) is 0 Å². The van der Waals surface area contributed by atoms with Gasteiger partial charge in [0.05, 0.1) is 11.1 Å². The molecule has 1 aromatic rings. The maximum atomic E-state index is 11.3. The van der Waals surface area contributed by atoms with Crippen molar-refractivity contribution in [1.29, 1.82) is 0 Å². The molecule has 0 amide bonds. The maximum absolute atomic E-state index is 11.3. The molecule has 0 spiro atoms. The topological polar surface area (TPSA) is 58.9 Å². The summed E-state index contributed by atoms with van der Waals surface area (Å²) in [7, 11) is 0. The van der Waals surface area contributed by atoms with E-state index >= 15 is 0 Å². The molecule has 8 atom stereocenters. The van der Waals surface area contributed by atoms with Crippen molar-refractivity contribution >= 4 is 29.7 Å². The molecule has 0 saturated heterocycles. The van der Waals surface area contributed by atoms with Crippen molar-refractivity contribution in [2.45, 2.75) is 115 Å². The predicted molar refractivity (Wildman–Crippen MR) is 161 cm³/mol. The second-order valence-electron chi connectivity index (χ2n) is 14.1. The van der Waals surface area contributed by atoms with Crippen molar-refractivity contribution < 1.29 is 4.92 Å². The molecule has 6 heteroatoms. The molecular formula is C32H48N2O2S2. The summed E-state index contributed by atoms with van der Waals surface area (Å²) in [5.41, 5.74) is 2.62. The van der Waals surface area contributed by atoms with Crippen molar-refractivity contribution in [2.24, 2.45) is 46.3 Å². The average Bonchev–Trinajstić information content (AvgIpc) is 3.22. The molecule has 3 fully saturated rings. The van der Waals surface area contributed by atoms with Gasteiger partial charge in [-0.15, -0.1) is 11.8 Å². The molecule has 1 heterocycles. The zero-order valence-electron chi connectivity index (χ0n) is 24.1. The highest BCUT2D eigenvalue weighted by Crippen LogP contribution is 2.67. The van der Waals surface area contributed by atoms with Gasteiger partial charge in [0.25, 0.3) is 5.69 Å². The molecule has 1 unspecified atom stereocenters. The Morgan fingerprint density at radius 1 is 1.13 bits per heavy atom. The fraction of sp³-hybridized carbons (Fsp3) is 0.781. The molecule has 0 radical (unpaired) electrons. The highest BCUT2D eigenvalue weighted by Gasteiger charge is 2.59. The highest BCUT2D eigenvalue weighted by atomic mass is 32.2. The third kappa shape index (κ3) is 5.18. The lowest BCUT2D eigenvalue weighted by Crippen LogP contribution is -2.50. The van der Waals surface area contributed by atoms with Crippen molar-refractivity contribution in [3.05, 3.63) is 38.7 Å². The molecule has 38 heavy (non-hydrogen) atoms. The van der Waals surface area contributed by atoms with Gasteiger partial charge >= 0.3 is 0 Å². The van der Waals surface area contributed by atoms with Crippen LogP contribution in [0.4, 0.5) is 5.69 Å². The van der Waals surface area contributed by atoms with E-state index in [0.29, 0.717) is 20.7 Å². The summed E-state index contributed by atoms with van der Waals surface area (Å²) < 4.78 is 0.618. The number of thioether (sulfide) groups is 1. The third-order valence-corrected chi connectivity index (χ3v) is 13.4. The van der Waals surface area contributed by atoms with Gasteiger partial charge in [0, 0.05) is 16.2 Å². The number of rotatable bonds is 8. The SMILES string of the molecule is CC(C)CCC[C@@H](C)[C@H]1CC[C@H]2[C@@H]3CC=C4CC(Sc5cc([N+](=O)[O-])c[nH]c5=S)CC[C@]4(C)[C@H]3CC[C@]12C. The molecule has 5 rings (SSSR count). The Bertz CT molecular complexity index is 1130. The average molecular weight is 557 g/mol. The van der Waals surface area contributed by atoms with Crippen LogP contribution >= 0.6 is 24.0 Å². The van der Waals surface area contributed by atoms with Gasteiger partial charge in [0.2, 0.25) is 0 Å². The number of nitro groups is 1. The minimum absolute atomic E-state index is 0.0934. The third-order valence-electron chi connectivity index (χ3n) is 11.6. The molecule has 0 aromatic carbocycles. The first-order valence-electron chi connectivity index (χ1n) is 15.3. The lowest BCUT2D eigenvalue weighted by Gasteiger charge is -2.58. The number of pyridine rings is 1. The molecule has 0 aliphatic heterocycles. The van der Waals surface area contributed by atoms with Crippen LogP contribution in [0.1, 0.15) is 105 Å². The molecule has 4 nitrogen and oxygen atoms in total. The monoisotopic (exact) mass is 556 g/mol. The molecule has 210 valence electrons. The standard InChI is InChI=1S/C32H48N2O2S2/c1-20(2)7-6-8-21(3)26-11-12-27-25-10-9-22-17-24(38-29-18-23(34(35)36)19-33-30(29)37)13-15-31(22,4)28(25)14-16-32(26,27)5/h9,18-21,24-28H,6-8,10-17H2,1-5H3,(H,33,37)/t21-,24?,25+,26-,27+,28+,31+,32-/m1/s1. The number of H-pyrrole nitrogens is 1. The lowest BCUT2D eigenvalue weighted by atomic mass is 9.47. The summed E-state index contributed by atoms with van der Waals surface area (Å²) in [5.74, 6) is 5.16. The van der Waals surface area contributed by atoms with Crippen molar-refractivity contribution in [3.63, 3.8) is 0 Å². The van der Waals surface area contributed by atoms with Gasteiger partial charge < -0.3 is 4.98 Å². The number of aromatic amines is 1. The summed E-state index contributed by atoms with van der Waals surface area (Å²) in [5, 5.41) is 11.7. The van der Waals surface area contributed by atoms with Gasteiger partial charge in [-0.1, -0.05) is 77.7 Å². The van der Waals surface area contributed by atoms with Crippen LogP contribution in [0.3, 0.4) is 0 Å². The van der Waals surface area contributed by atoms with E-state index in [-0.39, 0.29) is 10.6 Å². The minimum Gasteiger partial charge on any atom is -0.346 e. The Labute approximate surface area is 239 Å².